The molecule has 7 nitrogen and oxygen atoms in total. The quantitative estimate of drug-likeness (QED) is 0.674. The SMILES string of the molecule is O=C(CC12CC3CC(CC(C3)C1)C2)NCC(=O)Nc1ccc2nc(N3CCOCC3)sc2c1. The van der Waals surface area contributed by atoms with Gasteiger partial charge < -0.3 is 20.3 Å². The first-order chi connectivity index (χ1) is 16.0. The van der Waals surface area contributed by atoms with Crippen LogP contribution in [0.25, 0.3) is 10.2 Å². The van der Waals surface area contributed by atoms with E-state index < -0.39 is 0 Å². The van der Waals surface area contributed by atoms with Crippen LogP contribution in [-0.2, 0) is 14.3 Å². The molecule has 2 heterocycles. The smallest absolute Gasteiger partial charge is 0.243 e. The number of amides is 2. The van der Waals surface area contributed by atoms with Gasteiger partial charge in [0.25, 0.3) is 0 Å². The summed E-state index contributed by atoms with van der Waals surface area (Å²) >= 11 is 1.63. The zero-order chi connectivity index (χ0) is 22.4. The normalized spacial score (nSPS) is 30.5. The number of hydrogen-bond donors (Lipinski definition) is 2. The fourth-order valence-corrected chi connectivity index (χ4v) is 8.23. The minimum absolute atomic E-state index is 0.0188. The van der Waals surface area contributed by atoms with Gasteiger partial charge in [0.15, 0.2) is 5.13 Å². The summed E-state index contributed by atoms with van der Waals surface area (Å²) in [4.78, 5) is 32.2. The number of morpholine rings is 1. The molecule has 1 aliphatic heterocycles. The van der Waals surface area contributed by atoms with Crippen LogP contribution in [0.3, 0.4) is 0 Å². The molecule has 33 heavy (non-hydrogen) atoms. The van der Waals surface area contributed by atoms with Crippen LogP contribution in [0.1, 0.15) is 44.9 Å². The number of nitrogens with one attached hydrogen (secondary N) is 2. The molecular formula is C25H32N4O3S. The van der Waals surface area contributed by atoms with Gasteiger partial charge in [-0.15, -0.1) is 0 Å². The summed E-state index contributed by atoms with van der Waals surface area (Å²) in [6.45, 7) is 3.18. The molecule has 4 aliphatic carbocycles. The minimum Gasteiger partial charge on any atom is -0.378 e. The molecule has 1 aromatic carbocycles. The molecule has 2 aromatic rings. The third-order valence-corrected chi connectivity index (χ3v) is 9.17. The molecule has 4 saturated carbocycles. The van der Waals surface area contributed by atoms with E-state index in [1.165, 1.54) is 38.5 Å². The average molecular weight is 469 g/mol. The fraction of sp³-hybridized carbons (Fsp3) is 0.640. The van der Waals surface area contributed by atoms with Gasteiger partial charge in [0.2, 0.25) is 11.8 Å². The summed E-state index contributed by atoms with van der Waals surface area (Å²) < 4.78 is 6.47. The number of aromatic nitrogens is 1. The third kappa shape index (κ3) is 4.47. The summed E-state index contributed by atoms with van der Waals surface area (Å²) in [5.74, 6) is 2.33. The highest BCUT2D eigenvalue weighted by atomic mass is 32.1. The maximum Gasteiger partial charge on any atom is 0.243 e. The van der Waals surface area contributed by atoms with Gasteiger partial charge in [-0.25, -0.2) is 4.98 Å². The molecule has 176 valence electrons. The van der Waals surface area contributed by atoms with Crippen molar-refractivity contribution in [1.82, 2.24) is 10.3 Å². The molecule has 0 atom stereocenters. The van der Waals surface area contributed by atoms with E-state index in [1.807, 2.05) is 18.2 Å². The molecule has 0 unspecified atom stereocenters. The van der Waals surface area contributed by atoms with Crippen molar-refractivity contribution in [2.75, 3.05) is 43.1 Å². The average Bonchev–Trinajstić information content (AvgIpc) is 3.21. The molecule has 7 rings (SSSR count). The first-order valence-electron chi connectivity index (χ1n) is 12.3. The van der Waals surface area contributed by atoms with Crippen molar-refractivity contribution in [2.45, 2.75) is 44.9 Å². The van der Waals surface area contributed by atoms with Crippen LogP contribution in [0.2, 0.25) is 0 Å². The Morgan fingerprint density at radius 2 is 1.76 bits per heavy atom. The second kappa shape index (κ2) is 8.55. The van der Waals surface area contributed by atoms with Gasteiger partial charge in [-0.2, -0.15) is 0 Å². The molecule has 2 amide bonds. The first kappa shape index (κ1) is 21.4. The second-order valence-corrected chi connectivity index (χ2v) is 11.7. The van der Waals surface area contributed by atoms with E-state index in [0.29, 0.717) is 6.42 Å². The Kier molecular flexibility index (Phi) is 5.53. The van der Waals surface area contributed by atoms with Crippen molar-refractivity contribution in [3.8, 4) is 0 Å². The number of hydrogen-bond acceptors (Lipinski definition) is 6. The fourth-order valence-electron chi connectivity index (χ4n) is 7.17. The highest BCUT2D eigenvalue weighted by molar-refractivity contribution is 7.22. The van der Waals surface area contributed by atoms with Crippen LogP contribution >= 0.6 is 11.3 Å². The number of thiazole rings is 1. The van der Waals surface area contributed by atoms with E-state index in [2.05, 4.69) is 15.5 Å². The number of rotatable bonds is 6. The number of carbonyl (C=O) groups is 2. The lowest BCUT2D eigenvalue weighted by atomic mass is 9.49. The Morgan fingerprint density at radius 3 is 2.45 bits per heavy atom. The van der Waals surface area contributed by atoms with Crippen molar-refractivity contribution >= 4 is 44.2 Å². The molecule has 1 saturated heterocycles. The zero-order valence-corrected chi connectivity index (χ0v) is 19.8. The van der Waals surface area contributed by atoms with Crippen molar-refractivity contribution < 1.29 is 14.3 Å². The van der Waals surface area contributed by atoms with E-state index in [0.717, 1.165) is 65.1 Å². The Balaban J connectivity index is 1.03. The third-order valence-electron chi connectivity index (χ3n) is 8.09. The highest BCUT2D eigenvalue weighted by Gasteiger charge is 2.51. The molecule has 1 aromatic heterocycles. The van der Waals surface area contributed by atoms with Crippen LogP contribution in [0.4, 0.5) is 10.8 Å². The van der Waals surface area contributed by atoms with Gasteiger partial charge in [-0.05, 0) is 79.9 Å². The molecule has 8 heteroatoms. The van der Waals surface area contributed by atoms with Crippen molar-refractivity contribution in [1.29, 1.82) is 0 Å². The van der Waals surface area contributed by atoms with Crippen molar-refractivity contribution in [3.63, 3.8) is 0 Å². The van der Waals surface area contributed by atoms with E-state index in [-0.39, 0.29) is 23.8 Å². The van der Waals surface area contributed by atoms with Crippen molar-refractivity contribution in [2.24, 2.45) is 23.2 Å². The zero-order valence-electron chi connectivity index (χ0n) is 19.0. The van der Waals surface area contributed by atoms with E-state index in [1.54, 1.807) is 11.3 Å². The molecule has 5 aliphatic rings. The molecule has 0 spiro atoms. The van der Waals surface area contributed by atoms with Crippen LogP contribution in [0.15, 0.2) is 18.2 Å². The van der Waals surface area contributed by atoms with E-state index in [9.17, 15) is 9.59 Å². The Hall–Kier alpha value is -2.19. The number of anilines is 2. The van der Waals surface area contributed by atoms with Gasteiger partial charge in [0.05, 0.1) is 30.0 Å². The van der Waals surface area contributed by atoms with Crippen LogP contribution in [0, 0.1) is 23.2 Å². The van der Waals surface area contributed by atoms with Crippen molar-refractivity contribution in [3.05, 3.63) is 18.2 Å². The Labute approximate surface area is 198 Å². The van der Waals surface area contributed by atoms with Gasteiger partial charge in [-0.1, -0.05) is 11.3 Å². The molecule has 5 fully saturated rings. The van der Waals surface area contributed by atoms with Crippen LogP contribution < -0.4 is 15.5 Å². The minimum atomic E-state index is -0.189. The Morgan fingerprint density at radius 1 is 1.06 bits per heavy atom. The van der Waals surface area contributed by atoms with Crippen LogP contribution in [-0.4, -0.2) is 49.6 Å². The highest BCUT2D eigenvalue weighted by Crippen LogP contribution is 2.61. The predicted molar refractivity (Wildman–Crippen MR) is 130 cm³/mol. The summed E-state index contributed by atoms with van der Waals surface area (Å²) in [7, 11) is 0. The Bertz CT molecular complexity index is 1030. The number of nitrogens with zero attached hydrogens (tertiary/aromatic N) is 2. The van der Waals surface area contributed by atoms with Gasteiger partial charge in [-0.3, -0.25) is 9.59 Å². The summed E-state index contributed by atoms with van der Waals surface area (Å²) in [6, 6.07) is 5.78. The molecule has 0 radical (unpaired) electrons. The summed E-state index contributed by atoms with van der Waals surface area (Å²) in [5.41, 5.74) is 1.87. The lowest BCUT2D eigenvalue weighted by Crippen LogP contribution is -2.48. The number of carbonyl (C=O) groups excluding carboxylic acids is 2. The lowest BCUT2D eigenvalue weighted by Gasteiger charge is -2.56. The number of benzene rings is 1. The standard InChI is InChI=1S/C25H32N4O3S/c30-22(14-25-11-16-7-17(12-25)9-18(8-16)13-25)26-15-23(31)27-19-1-2-20-21(10-19)33-24(28-20)29-3-5-32-6-4-29/h1-2,10,16-18H,3-9,11-15H2,(H,26,30)(H,27,31). The predicted octanol–water partition coefficient (Wildman–Crippen LogP) is 3.79. The van der Waals surface area contributed by atoms with Crippen LogP contribution in [0.5, 0.6) is 0 Å². The number of fused-ring (bicyclic) bond motifs is 1. The maximum atomic E-state index is 12.7. The topological polar surface area (TPSA) is 83.6 Å². The van der Waals surface area contributed by atoms with Gasteiger partial charge in [0.1, 0.15) is 0 Å². The molecule has 4 bridgehead atoms. The summed E-state index contributed by atoms with van der Waals surface area (Å²) in [5, 5.41) is 6.81. The van der Waals surface area contributed by atoms with Gasteiger partial charge in [0, 0.05) is 25.2 Å². The van der Waals surface area contributed by atoms with E-state index in [4.69, 9.17) is 9.72 Å². The molecular weight excluding hydrogens is 436 g/mol. The lowest BCUT2D eigenvalue weighted by molar-refractivity contribution is -0.131. The first-order valence-corrected chi connectivity index (χ1v) is 13.2. The maximum absolute atomic E-state index is 12.7. The number of ether oxygens (including phenoxy) is 1. The summed E-state index contributed by atoms with van der Waals surface area (Å²) in [6.07, 6.45) is 8.34. The van der Waals surface area contributed by atoms with E-state index >= 15 is 0 Å². The van der Waals surface area contributed by atoms with Gasteiger partial charge >= 0.3 is 0 Å². The molecule has 2 N–H and O–H groups in total. The largest absolute Gasteiger partial charge is 0.378 e. The monoisotopic (exact) mass is 468 g/mol. The second-order valence-electron chi connectivity index (χ2n) is 10.7.